The average Bonchev–Trinajstić information content (AvgIpc) is 2.67. The van der Waals surface area contributed by atoms with Crippen LogP contribution in [-0.2, 0) is 0 Å². The molecule has 0 saturated heterocycles. The topological polar surface area (TPSA) is 24.9 Å². The van der Waals surface area contributed by atoms with Crippen molar-refractivity contribution in [3.05, 3.63) is 24.3 Å². The van der Waals surface area contributed by atoms with Crippen molar-refractivity contribution in [3.8, 4) is 0 Å². The molecule has 2 rings (SSSR count). The van der Waals surface area contributed by atoms with Gasteiger partial charge in [-0.15, -0.1) is 0 Å². The van der Waals surface area contributed by atoms with Gasteiger partial charge in [0.25, 0.3) is 0 Å². The number of rotatable bonds is 3. The van der Waals surface area contributed by atoms with E-state index in [-0.39, 0.29) is 5.54 Å². The predicted octanol–water partition coefficient (Wildman–Crippen LogP) is 3.36. The van der Waals surface area contributed by atoms with E-state index in [4.69, 9.17) is 0 Å². The Balaban J connectivity index is 2.12. The number of halogens is 1. The van der Waals surface area contributed by atoms with Gasteiger partial charge in [0.15, 0.2) is 0 Å². The van der Waals surface area contributed by atoms with Crippen molar-refractivity contribution in [3.63, 3.8) is 0 Å². The molecular weight excluding hydrogens is 191 g/mol. The molecule has 0 aromatic carbocycles. The Morgan fingerprint density at radius 1 is 1.47 bits per heavy atom. The largest absolute Gasteiger partial charge is 0.379 e. The second-order valence-electron chi connectivity index (χ2n) is 4.33. The van der Waals surface area contributed by atoms with Crippen LogP contribution in [0.5, 0.6) is 0 Å². The van der Waals surface area contributed by atoms with Crippen LogP contribution >= 0.6 is 0 Å². The van der Waals surface area contributed by atoms with E-state index in [0.29, 0.717) is 0 Å². The standard InChI is InChI=1S/C12H17FN2/c1-2-12(6-3-4-7-12)15-10-5-8-14-11(13)9-10/h5,8-9H,2-4,6-7H2,1H3,(H,14,15). The molecule has 1 aliphatic rings. The zero-order valence-corrected chi connectivity index (χ0v) is 9.09. The van der Waals surface area contributed by atoms with Crippen LogP contribution in [0.25, 0.3) is 0 Å². The molecule has 1 aromatic rings. The molecule has 1 aliphatic carbocycles. The summed E-state index contributed by atoms with van der Waals surface area (Å²) in [6.45, 7) is 2.19. The zero-order chi connectivity index (χ0) is 10.7. The normalized spacial score (nSPS) is 19.1. The molecule has 0 unspecified atom stereocenters. The first-order chi connectivity index (χ1) is 7.24. The van der Waals surface area contributed by atoms with Gasteiger partial charge in [-0.1, -0.05) is 19.8 Å². The molecule has 0 radical (unpaired) electrons. The first-order valence-electron chi connectivity index (χ1n) is 5.64. The zero-order valence-electron chi connectivity index (χ0n) is 9.09. The number of anilines is 1. The number of nitrogens with zero attached hydrogens (tertiary/aromatic N) is 1. The molecule has 1 saturated carbocycles. The highest BCUT2D eigenvalue weighted by Gasteiger charge is 2.31. The van der Waals surface area contributed by atoms with Gasteiger partial charge < -0.3 is 5.32 Å². The highest BCUT2D eigenvalue weighted by molar-refractivity contribution is 5.44. The molecular formula is C12H17FN2. The molecule has 0 bridgehead atoms. The Morgan fingerprint density at radius 2 is 2.20 bits per heavy atom. The van der Waals surface area contributed by atoms with E-state index in [1.54, 1.807) is 0 Å². The SMILES string of the molecule is CCC1(Nc2ccnc(F)c2)CCCC1. The Kier molecular flexibility index (Phi) is 2.89. The number of aromatic nitrogens is 1. The monoisotopic (exact) mass is 208 g/mol. The highest BCUT2D eigenvalue weighted by Crippen LogP contribution is 2.35. The maximum atomic E-state index is 12.9. The van der Waals surface area contributed by atoms with Crippen LogP contribution in [0.15, 0.2) is 18.3 Å². The highest BCUT2D eigenvalue weighted by atomic mass is 19.1. The van der Waals surface area contributed by atoms with Crippen LogP contribution in [-0.4, -0.2) is 10.5 Å². The maximum Gasteiger partial charge on any atom is 0.214 e. The fraction of sp³-hybridized carbons (Fsp3) is 0.583. The number of pyridine rings is 1. The van der Waals surface area contributed by atoms with Crippen molar-refractivity contribution < 1.29 is 4.39 Å². The lowest BCUT2D eigenvalue weighted by atomic mass is 9.94. The molecule has 1 aromatic heterocycles. The van der Waals surface area contributed by atoms with Crippen LogP contribution in [0.2, 0.25) is 0 Å². The Labute approximate surface area is 89.9 Å². The molecule has 1 heterocycles. The van der Waals surface area contributed by atoms with Crippen LogP contribution < -0.4 is 5.32 Å². The fourth-order valence-corrected chi connectivity index (χ4v) is 2.41. The minimum absolute atomic E-state index is 0.188. The van der Waals surface area contributed by atoms with Gasteiger partial charge >= 0.3 is 0 Å². The van der Waals surface area contributed by atoms with Gasteiger partial charge in [0.1, 0.15) is 0 Å². The van der Waals surface area contributed by atoms with E-state index >= 15 is 0 Å². The summed E-state index contributed by atoms with van der Waals surface area (Å²) in [7, 11) is 0. The lowest BCUT2D eigenvalue weighted by Crippen LogP contribution is -2.34. The van der Waals surface area contributed by atoms with Gasteiger partial charge in [-0.2, -0.15) is 4.39 Å². The van der Waals surface area contributed by atoms with Crippen LogP contribution in [0.4, 0.5) is 10.1 Å². The first kappa shape index (κ1) is 10.4. The van der Waals surface area contributed by atoms with Crippen molar-refractivity contribution >= 4 is 5.69 Å². The summed E-state index contributed by atoms with van der Waals surface area (Å²) in [6.07, 6.45) is 7.52. The summed E-state index contributed by atoms with van der Waals surface area (Å²) in [5, 5.41) is 3.46. The van der Waals surface area contributed by atoms with E-state index in [9.17, 15) is 4.39 Å². The molecule has 15 heavy (non-hydrogen) atoms. The molecule has 0 amide bonds. The Bertz CT molecular complexity index is 332. The molecule has 1 fully saturated rings. The average molecular weight is 208 g/mol. The predicted molar refractivity (Wildman–Crippen MR) is 59.3 cm³/mol. The van der Waals surface area contributed by atoms with E-state index in [1.807, 2.05) is 6.07 Å². The number of nitrogens with one attached hydrogen (secondary N) is 1. The van der Waals surface area contributed by atoms with Gasteiger partial charge in [-0.05, 0) is 25.3 Å². The molecule has 1 N–H and O–H groups in total. The first-order valence-corrected chi connectivity index (χ1v) is 5.64. The van der Waals surface area contributed by atoms with E-state index in [1.165, 1.54) is 37.9 Å². The minimum Gasteiger partial charge on any atom is -0.379 e. The summed E-state index contributed by atoms with van der Waals surface area (Å²) >= 11 is 0. The summed E-state index contributed by atoms with van der Waals surface area (Å²) in [5.41, 5.74) is 1.04. The van der Waals surface area contributed by atoms with Crippen LogP contribution in [0.3, 0.4) is 0 Å². The van der Waals surface area contributed by atoms with Gasteiger partial charge in [0.2, 0.25) is 5.95 Å². The lowest BCUT2D eigenvalue weighted by molar-refractivity contribution is 0.464. The van der Waals surface area contributed by atoms with E-state index in [0.717, 1.165) is 12.1 Å². The van der Waals surface area contributed by atoms with Crippen molar-refractivity contribution in [2.24, 2.45) is 0 Å². The van der Waals surface area contributed by atoms with Crippen molar-refractivity contribution in [1.29, 1.82) is 0 Å². The molecule has 0 atom stereocenters. The molecule has 2 nitrogen and oxygen atoms in total. The third-order valence-electron chi connectivity index (χ3n) is 3.37. The lowest BCUT2D eigenvalue weighted by Gasteiger charge is -2.30. The molecule has 82 valence electrons. The second-order valence-corrected chi connectivity index (χ2v) is 4.33. The quantitative estimate of drug-likeness (QED) is 0.770. The minimum atomic E-state index is -0.413. The van der Waals surface area contributed by atoms with Gasteiger partial charge in [-0.25, -0.2) is 4.98 Å². The summed E-state index contributed by atoms with van der Waals surface area (Å²) < 4.78 is 12.9. The smallest absolute Gasteiger partial charge is 0.214 e. The molecule has 3 heteroatoms. The maximum absolute atomic E-state index is 12.9. The van der Waals surface area contributed by atoms with Crippen molar-refractivity contribution in [2.45, 2.75) is 44.6 Å². The molecule has 0 aliphatic heterocycles. The summed E-state index contributed by atoms with van der Waals surface area (Å²) in [5.74, 6) is -0.413. The van der Waals surface area contributed by atoms with Crippen LogP contribution in [0, 0.1) is 5.95 Å². The van der Waals surface area contributed by atoms with Gasteiger partial charge in [-0.3, -0.25) is 0 Å². The van der Waals surface area contributed by atoms with Gasteiger partial charge in [0, 0.05) is 23.5 Å². The van der Waals surface area contributed by atoms with E-state index in [2.05, 4.69) is 17.2 Å². The van der Waals surface area contributed by atoms with E-state index < -0.39 is 5.95 Å². The van der Waals surface area contributed by atoms with Crippen molar-refractivity contribution in [1.82, 2.24) is 4.98 Å². The Morgan fingerprint density at radius 3 is 2.80 bits per heavy atom. The summed E-state index contributed by atoms with van der Waals surface area (Å²) in [6, 6.07) is 3.30. The van der Waals surface area contributed by atoms with Crippen molar-refractivity contribution in [2.75, 3.05) is 5.32 Å². The fourth-order valence-electron chi connectivity index (χ4n) is 2.41. The van der Waals surface area contributed by atoms with Gasteiger partial charge in [0.05, 0.1) is 0 Å². The third-order valence-corrected chi connectivity index (χ3v) is 3.37. The summed E-state index contributed by atoms with van der Waals surface area (Å²) in [4.78, 5) is 3.56. The second kappa shape index (κ2) is 4.17. The molecule has 0 spiro atoms. The Hall–Kier alpha value is -1.12. The third kappa shape index (κ3) is 2.28. The van der Waals surface area contributed by atoms with Crippen LogP contribution in [0.1, 0.15) is 39.0 Å². The number of hydrogen-bond acceptors (Lipinski definition) is 2. The number of hydrogen-bond donors (Lipinski definition) is 1.